The number of carbonyl (C=O) groups is 2. The standard InChI is InChI=1S/C15H21N3O4S.C2HF3O2/c1-10-12(4-3-6-16-10)17-15(19)13-8-11-5-7-18(23(2,20)21)9-14(11)22-13;3-2(4,5)1(6)7/h3-4,6,11,13-14H,5,7-9H2,1-2H3,(H,17,19);(H,6,7)/t11-,13+,14+;/m0./s1. The molecule has 0 saturated carbocycles. The Morgan fingerprint density at radius 2 is 2.00 bits per heavy atom. The molecule has 3 rings (SSSR count). The van der Waals surface area contributed by atoms with Gasteiger partial charge in [-0.25, -0.2) is 13.2 Å². The number of amides is 1. The number of hydrogen-bond acceptors (Lipinski definition) is 6. The number of nitrogens with zero attached hydrogens (tertiary/aromatic N) is 2. The van der Waals surface area contributed by atoms with Gasteiger partial charge in [0.25, 0.3) is 5.91 Å². The van der Waals surface area contributed by atoms with Gasteiger partial charge in [0.1, 0.15) is 6.10 Å². The van der Waals surface area contributed by atoms with E-state index in [1.165, 1.54) is 10.6 Å². The third kappa shape index (κ3) is 6.37. The molecular formula is C17H22F3N3O6S. The predicted octanol–water partition coefficient (Wildman–Crippen LogP) is 1.40. The molecule has 0 spiro atoms. The van der Waals surface area contributed by atoms with E-state index in [0.717, 1.165) is 12.1 Å². The molecule has 3 atom stereocenters. The predicted molar refractivity (Wildman–Crippen MR) is 99.1 cm³/mol. The highest BCUT2D eigenvalue weighted by molar-refractivity contribution is 7.88. The number of aliphatic carboxylic acids is 1. The lowest BCUT2D eigenvalue weighted by Crippen LogP contribution is -2.44. The van der Waals surface area contributed by atoms with Crippen LogP contribution in [0, 0.1) is 12.8 Å². The van der Waals surface area contributed by atoms with Crippen molar-refractivity contribution in [3.63, 3.8) is 0 Å². The Bertz CT molecular complexity index is 893. The van der Waals surface area contributed by atoms with Crippen molar-refractivity contribution < 1.29 is 41.0 Å². The largest absolute Gasteiger partial charge is 0.490 e. The number of carboxylic acid groups (broad SMARTS) is 1. The van der Waals surface area contributed by atoms with E-state index >= 15 is 0 Å². The molecule has 2 aliphatic rings. The van der Waals surface area contributed by atoms with Crippen LogP contribution in [0.25, 0.3) is 0 Å². The minimum absolute atomic E-state index is 0.193. The van der Waals surface area contributed by atoms with Gasteiger partial charge in [-0.3, -0.25) is 9.78 Å². The highest BCUT2D eigenvalue weighted by Gasteiger charge is 2.43. The maximum atomic E-state index is 12.4. The van der Waals surface area contributed by atoms with E-state index < -0.39 is 28.3 Å². The smallest absolute Gasteiger partial charge is 0.475 e. The number of ether oxygens (including phenoxy) is 1. The quantitative estimate of drug-likeness (QED) is 0.709. The molecule has 0 unspecified atom stereocenters. The van der Waals surface area contributed by atoms with Crippen LogP contribution in [0.4, 0.5) is 18.9 Å². The minimum Gasteiger partial charge on any atom is -0.475 e. The fraction of sp³-hybridized carbons (Fsp3) is 0.588. The molecule has 2 N–H and O–H groups in total. The van der Waals surface area contributed by atoms with Crippen LogP contribution in [0.2, 0.25) is 0 Å². The first-order valence-electron chi connectivity index (χ1n) is 8.92. The van der Waals surface area contributed by atoms with E-state index in [1.54, 1.807) is 18.3 Å². The lowest BCUT2D eigenvalue weighted by atomic mass is 9.93. The molecule has 0 aliphatic carbocycles. The van der Waals surface area contributed by atoms with E-state index in [-0.39, 0.29) is 17.9 Å². The Hall–Kier alpha value is -2.25. The molecule has 1 amide bonds. The van der Waals surface area contributed by atoms with Crippen molar-refractivity contribution in [1.29, 1.82) is 0 Å². The summed E-state index contributed by atoms with van der Waals surface area (Å²) in [5.41, 5.74) is 1.42. The number of carboxylic acids is 1. The molecule has 0 aromatic carbocycles. The van der Waals surface area contributed by atoms with E-state index in [0.29, 0.717) is 25.2 Å². The molecule has 2 saturated heterocycles. The zero-order valence-electron chi connectivity index (χ0n) is 16.2. The number of sulfonamides is 1. The van der Waals surface area contributed by atoms with Crippen molar-refractivity contribution in [3.05, 3.63) is 24.0 Å². The van der Waals surface area contributed by atoms with Crippen LogP contribution in [0.5, 0.6) is 0 Å². The third-order valence-corrected chi connectivity index (χ3v) is 6.05. The monoisotopic (exact) mass is 453 g/mol. The number of fused-ring (bicyclic) bond motifs is 1. The minimum atomic E-state index is -5.08. The summed E-state index contributed by atoms with van der Waals surface area (Å²) in [4.78, 5) is 25.4. The van der Waals surface area contributed by atoms with Crippen LogP contribution in [0.1, 0.15) is 18.5 Å². The van der Waals surface area contributed by atoms with Gasteiger partial charge in [0.15, 0.2) is 0 Å². The van der Waals surface area contributed by atoms with Crippen molar-refractivity contribution in [2.24, 2.45) is 5.92 Å². The summed E-state index contributed by atoms with van der Waals surface area (Å²) in [5, 5.41) is 9.97. The maximum absolute atomic E-state index is 12.4. The SMILES string of the molecule is Cc1ncccc1NC(=O)[C@H]1C[C@@H]2CCN(S(C)(=O)=O)C[C@H]2O1.O=C(O)C(F)(F)F. The first kappa shape index (κ1) is 24.0. The Labute approximate surface area is 171 Å². The zero-order chi connectivity index (χ0) is 22.7. The summed E-state index contributed by atoms with van der Waals surface area (Å²) in [5.74, 6) is -2.72. The van der Waals surface area contributed by atoms with Gasteiger partial charge >= 0.3 is 12.1 Å². The molecule has 0 bridgehead atoms. The Morgan fingerprint density at radius 1 is 1.37 bits per heavy atom. The van der Waals surface area contributed by atoms with Gasteiger partial charge in [0.05, 0.1) is 23.7 Å². The lowest BCUT2D eigenvalue weighted by molar-refractivity contribution is -0.192. The number of carbonyl (C=O) groups excluding carboxylic acids is 1. The topological polar surface area (TPSA) is 126 Å². The fourth-order valence-corrected chi connectivity index (χ4v) is 4.06. The molecule has 3 heterocycles. The van der Waals surface area contributed by atoms with E-state index in [4.69, 9.17) is 14.6 Å². The number of rotatable bonds is 3. The second kappa shape index (κ2) is 9.27. The summed E-state index contributed by atoms with van der Waals surface area (Å²) in [6.45, 7) is 2.66. The normalized spacial score (nSPS) is 24.4. The summed E-state index contributed by atoms with van der Waals surface area (Å²) in [7, 11) is -3.21. The molecule has 13 heteroatoms. The highest BCUT2D eigenvalue weighted by Crippen LogP contribution is 2.34. The van der Waals surface area contributed by atoms with Gasteiger partial charge in [-0.1, -0.05) is 0 Å². The van der Waals surface area contributed by atoms with Gasteiger partial charge in [-0.2, -0.15) is 17.5 Å². The molecule has 2 aliphatic heterocycles. The van der Waals surface area contributed by atoms with Crippen LogP contribution >= 0.6 is 0 Å². The Morgan fingerprint density at radius 3 is 2.53 bits per heavy atom. The number of alkyl halides is 3. The molecule has 30 heavy (non-hydrogen) atoms. The van der Waals surface area contributed by atoms with Crippen molar-refractivity contribution in [2.45, 2.75) is 38.1 Å². The average Bonchev–Trinajstić information content (AvgIpc) is 3.06. The Balaban J connectivity index is 0.000000396. The zero-order valence-corrected chi connectivity index (χ0v) is 17.0. The summed E-state index contributed by atoms with van der Waals surface area (Å²) in [6, 6.07) is 3.56. The van der Waals surface area contributed by atoms with Gasteiger partial charge in [-0.15, -0.1) is 0 Å². The van der Waals surface area contributed by atoms with Crippen molar-refractivity contribution in [3.8, 4) is 0 Å². The fourth-order valence-electron chi connectivity index (χ4n) is 3.20. The van der Waals surface area contributed by atoms with Crippen molar-refractivity contribution in [2.75, 3.05) is 24.7 Å². The first-order chi connectivity index (χ1) is 13.8. The number of aromatic nitrogens is 1. The van der Waals surface area contributed by atoms with Crippen LogP contribution in [-0.4, -0.2) is 72.4 Å². The molecule has 168 valence electrons. The second-order valence-corrected chi connectivity index (χ2v) is 8.98. The third-order valence-electron chi connectivity index (χ3n) is 4.78. The highest BCUT2D eigenvalue weighted by atomic mass is 32.2. The first-order valence-corrected chi connectivity index (χ1v) is 10.8. The summed E-state index contributed by atoms with van der Waals surface area (Å²) >= 11 is 0. The molecule has 9 nitrogen and oxygen atoms in total. The van der Waals surface area contributed by atoms with Gasteiger partial charge < -0.3 is 15.2 Å². The van der Waals surface area contributed by atoms with E-state index in [2.05, 4.69) is 10.3 Å². The second-order valence-electron chi connectivity index (χ2n) is 7.00. The Kier molecular flexibility index (Phi) is 7.42. The number of pyridine rings is 1. The lowest BCUT2D eigenvalue weighted by Gasteiger charge is -2.32. The molecular weight excluding hydrogens is 431 g/mol. The molecule has 0 radical (unpaired) electrons. The van der Waals surface area contributed by atoms with Crippen molar-refractivity contribution >= 4 is 27.6 Å². The number of aryl methyl sites for hydroxylation is 1. The number of hydrogen-bond donors (Lipinski definition) is 2. The molecule has 2 fully saturated rings. The number of nitrogens with one attached hydrogen (secondary N) is 1. The number of anilines is 1. The summed E-state index contributed by atoms with van der Waals surface area (Å²) in [6.07, 6.45) is -1.59. The maximum Gasteiger partial charge on any atom is 0.490 e. The van der Waals surface area contributed by atoms with Gasteiger partial charge in [0, 0.05) is 19.3 Å². The number of piperidine rings is 1. The molecule has 1 aromatic rings. The van der Waals surface area contributed by atoms with Crippen LogP contribution < -0.4 is 5.32 Å². The summed E-state index contributed by atoms with van der Waals surface area (Å²) < 4.78 is 62.3. The van der Waals surface area contributed by atoms with E-state index in [9.17, 15) is 26.4 Å². The van der Waals surface area contributed by atoms with Gasteiger partial charge in [0.2, 0.25) is 10.0 Å². The van der Waals surface area contributed by atoms with E-state index in [1.807, 2.05) is 6.92 Å². The van der Waals surface area contributed by atoms with Crippen LogP contribution in [0.3, 0.4) is 0 Å². The van der Waals surface area contributed by atoms with Gasteiger partial charge in [-0.05, 0) is 37.8 Å². The van der Waals surface area contributed by atoms with Crippen molar-refractivity contribution in [1.82, 2.24) is 9.29 Å². The average molecular weight is 453 g/mol. The molecule has 1 aromatic heterocycles. The number of halogens is 3. The van der Waals surface area contributed by atoms with Crippen LogP contribution in [0.15, 0.2) is 18.3 Å². The van der Waals surface area contributed by atoms with Crippen LogP contribution in [-0.2, 0) is 24.3 Å².